The van der Waals surface area contributed by atoms with Gasteiger partial charge in [0.05, 0.1) is 6.04 Å². The number of aromatic nitrogens is 2. The second kappa shape index (κ2) is 7.25. The summed E-state index contributed by atoms with van der Waals surface area (Å²) in [6.07, 6.45) is 0.433. The van der Waals surface area contributed by atoms with Crippen molar-refractivity contribution >= 4 is 5.91 Å². The Balaban J connectivity index is 1.92. The fraction of sp³-hybridized carbons (Fsp3) is 0.273. The largest absolute Gasteiger partial charge is 0.508 e. The Hall–Kier alpha value is -3.32. The number of amides is 1. The summed E-state index contributed by atoms with van der Waals surface area (Å²) < 4.78 is 0. The number of phenolic OH excluding ortho intramolecular Hbond substituents is 2. The van der Waals surface area contributed by atoms with Crippen LogP contribution in [-0.4, -0.2) is 49.5 Å². The van der Waals surface area contributed by atoms with E-state index in [9.17, 15) is 20.1 Å². The van der Waals surface area contributed by atoms with Gasteiger partial charge >= 0.3 is 0 Å². The van der Waals surface area contributed by atoms with E-state index in [4.69, 9.17) is 0 Å². The van der Waals surface area contributed by atoms with Crippen LogP contribution in [0, 0.1) is 13.8 Å². The van der Waals surface area contributed by atoms with Gasteiger partial charge in [-0.05, 0) is 55.2 Å². The normalized spacial score (nSPS) is 15.8. The average Bonchev–Trinajstić information content (AvgIpc) is 3.19. The Bertz CT molecular complexity index is 1070. The summed E-state index contributed by atoms with van der Waals surface area (Å²) >= 11 is 0. The molecule has 7 heteroatoms. The fourth-order valence-corrected chi connectivity index (χ4v) is 4.15. The highest BCUT2D eigenvalue weighted by Gasteiger charge is 2.42. The topological polar surface area (TPSA) is 110 Å². The van der Waals surface area contributed by atoms with Gasteiger partial charge in [0.2, 0.25) is 0 Å². The maximum atomic E-state index is 13.1. The first kappa shape index (κ1) is 19.0. The molecule has 29 heavy (non-hydrogen) atoms. The maximum absolute atomic E-state index is 13.1. The summed E-state index contributed by atoms with van der Waals surface area (Å²) in [7, 11) is 0. The molecule has 2 heterocycles. The van der Waals surface area contributed by atoms with E-state index < -0.39 is 6.04 Å². The summed E-state index contributed by atoms with van der Waals surface area (Å²) in [5.74, 6) is -0.0116. The first-order chi connectivity index (χ1) is 13.9. The van der Waals surface area contributed by atoms with E-state index in [1.807, 2.05) is 26.0 Å². The van der Waals surface area contributed by atoms with Crippen LogP contribution in [0.15, 0.2) is 36.4 Å². The van der Waals surface area contributed by atoms with Crippen LogP contribution in [-0.2, 0) is 0 Å². The Morgan fingerprint density at radius 1 is 1.17 bits per heavy atom. The Morgan fingerprint density at radius 3 is 2.66 bits per heavy atom. The summed E-state index contributed by atoms with van der Waals surface area (Å²) in [5.41, 5.74) is 4.65. The van der Waals surface area contributed by atoms with Crippen molar-refractivity contribution < 1.29 is 20.1 Å². The van der Waals surface area contributed by atoms with Crippen LogP contribution >= 0.6 is 0 Å². The van der Waals surface area contributed by atoms with Gasteiger partial charge in [-0.2, -0.15) is 5.10 Å². The van der Waals surface area contributed by atoms with E-state index >= 15 is 0 Å². The minimum Gasteiger partial charge on any atom is -0.508 e. The molecule has 1 aliphatic rings. The number of fused-ring (bicyclic) bond motifs is 1. The molecule has 1 atom stereocenters. The number of benzene rings is 2. The highest BCUT2D eigenvalue weighted by molar-refractivity contribution is 6.00. The second-order valence-electron chi connectivity index (χ2n) is 7.41. The van der Waals surface area contributed by atoms with Gasteiger partial charge in [-0.25, -0.2) is 0 Å². The molecular weight excluding hydrogens is 370 g/mol. The SMILES string of the molecule is Cc1cc(C)c(-c2n[nH]c3c2C(c2cccc(O)c2)N(CCCO)C3=O)c(O)c1. The third kappa shape index (κ3) is 3.13. The molecule has 0 radical (unpaired) electrons. The number of nitrogens with zero attached hydrogens (tertiary/aromatic N) is 2. The Labute approximate surface area is 168 Å². The molecule has 150 valence electrons. The van der Waals surface area contributed by atoms with Crippen molar-refractivity contribution in [2.75, 3.05) is 13.2 Å². The number of aliphatic hydroxyl groups excluding tert-OH is 1. The molecule has 0 bridgehead atoms. The van der Waals surface area contributed by atoms with Crippen molar-refractivity contribution in [3.8, 4) is 22.8 Å². The Morgan fingerprint density at radius 2 is 1.97 bits per heavy atom. The quantitative estimate of drug-likeness (QED) is 0.533. The van der Waals surface area contributed by atoms with Gasteiger partial charge in [0.15, 0.2) is 0 Å². The lowest BCUT2D eigenvalue weighted by Gasteiger charge is -2.26. The van der Waals surface area contributed by atoms with E-state index in [1.165, 1.54) is 0 Å². The molecule has 0 aliphatic carbocycles. The predicted octanol–water partition coefficient (Wildman–Crippen LogP) is 3.03. The van der Waals surface area contributed by atoms with Crippen LogP contribution in [0.4, 0.5) is 0 Å². The summed E-state index contributed by atoms with van der Waals surface area (Å²) in [4.78, 5) is 14.8. The number of aryl methyl sites for hydroxylation is 2. The van der Waals surface area contributed by atoms with E-state index in [0.29, 0.717) is 35.5 Å². The van der Waals surface area contributed by atoms with E-state index in [0.717, 1.165) is 16.7 Å². The number of rotatable bonds is 5. The molecular formula is C22H23N3O4. The first-order valence-corrected chi connectivity index (χ1v) is 9.52. The number of carbonyl (C=O) groups is 1. The number of H-pyrrole nitrogens is 1. The van der Waals surface area contributed by atoms with Crippen LogP contribution in [0.5, 0.6) is 11.5 Å². The third-order valence-electron chi connectivity index (χ3n) is 5.30. The van der Waals surface area contributed by atoms with Crippen LogP contribution in [0.3, 0.4) is 0 Å². The minimum atomic E-state index is -0.481. The number of aliphatic hydroxyl groups is 1. The summed E-state index contributed by atoms with van der Waals surface area (Å²) in [5, 5.41) is 37.1. The lowest BCUT2D eigenvalue weighted by molar-refractivity contribution is 0.0732. The lowest BCUT2D eigenvalue weighted by Crippen LogP contribution is -2.31. The predicted molar refractivity (Wildman–Crippen MR) is 108 cm³/mol. The number of aromatic hydroxyl groups is 2. The van der Waals surface area contributed by atoms with E-state index in [-0.39, 0.29) is 24.0 Å². The second-order valence-corrected chi connectivity index (χ2v) is 7.41. The van der Waals surface area contributed by atoms with E-state index in [1.54, 1.807) is 29.2 Å². The van der Waals surface area contributed by atoms with Crippen LogP contribution in [0.2, 0.25) is 0 Å². The molecule has 4 rings (SSSR count). The van der Waals surface area contributed by atoms with Gasteiger partial charge < -0.3 is 20.2 Å². The lowest BCUT2D eigenvalue weighted by atomic mass is 9.93. The zero-order chi connectivity index (χ0) is 20.7. The molecule has 3 aromatic rings. The van der Waals surface area contributed by atoms with Crippen LogP contribution < -0.4 is 0 Å². The smallest absolute Gasteiger partial charge is 0.273 e. The van der Waals surface area contributed by atoms with Gasteiger partial charge in [0, 0.05) is 24.3 Å². The van der Waals surface area contributed by atoms with Crippen molar-refractivity contribution in [2.24, 2.45) is 0 Å². The highest BCUT2D eigenvalue weighted by Crippen LogP contribution is 2.45. The van der Waals surface area contributed by atoms with Crippen molar-refractivity contribution in [3.05, 3.63) is 64.3 Å². The van der Waals surface area contributed by atoms with Crippen LogP contribution in [0.25, 0.3) is 11.3 Å². The zero-order valence-corrected chi connectivity index (χ0v) is 16.3. The number of aromatic amines is 1. The average molecular weight is 393 g/mol. The van der Waals surface area contributed by atoms with Crippen molar-refractivity contribution in [3.63, 3.8) is 0 Å². The molecule has 0 spiro atoms. The maximum Gasteiger partial charge on any atom is 0.273 e. The number of nitrogens with one attached hydrogen (secondary N) is 1. The van der Waals surface area contributed by atoms with Gasteiger partial charge in [-0.15, -0.1) is 0 Å². The molecule has 1 amide bonds. The van der Waals surface area contributed by atoms with Crippen molar-refractivity contribution in [1.29, 1.82) is 0 Å². The third-order valence-corrected chi connectivity index (χ3v) is 5.30. The summed E-state index contributed by atoms with van der Waals surface area (Å²) in [6.45, 7) is 4.12. The molecule has 1 aromatic heterocycles. The van der Waals surface area contributed by atoms with Gasteiger partial charge in [-0.3, -0.25) is 9.89 Å². The summed E-state index contributed by atoms with van der Waals surface area (Å²) in [6, 6.07) is 9.92. The highest BCUT2D eigenvalue weighted by atomic mass is 16.3. The number of hydrogen-bond acceptors (Lipinski definition) is 5. The molecule has 7 nitrogen and oxygen atoms in total. The minimum absolute atomic E-state index is 0.0343. The van der Waals surface area contributed by atoms with Crippen LogP contribution in [0.1, 0.15) is 45.2 Å². The van der Waals surface area contributed by atoms with E-state index in [2.05, 4.69) is 10.2 Å². The van der Waals surface area contributed by atoms with Gasteiger partial charge in [0.1, 0.15) is 22.9 Å². The monoisotopic (exact) mass is 393 g/mol. The molecule has 0 saturated carbocycles. The molecule has 1 unspecified atom stereocenters. The zero-order valence-electron chi connectivity index (χ0n) is 16.3. The molecule has 0 saturated heterocycles. The number of hydrogen-bond donors (Lipinski definition) is 4. The number of phenols is 2. The van der Waals surface area contributed by atoms with Gasteiger partial charge in [-0.1, -0.05) is 18.2 Å². The number of carbonyl (C=O) groups excluding carboxylic acids is 1. The fourth-order valence-electron chi connectivity index (χ4n) is 4.15. The first-order valence-electron chi connectivity index (χ1n) is 9.52. The molecule has 2 aromatic carbocycles. The van der Waals surface area contributed by atoms with Crippen molar-refractivity contribution in [1.82, 2.24) is 15.1 Å². The van der Waals surface area contributed by atoms with Gasteiger partial charge in [0.25, 0.3) is 5.91 Å². The molecule has 0 fully saturated rings. The Kier molecular flexibility index (Phi) is 4.76. The molecule has 1 aliphatic heterocycles. The standard InChI is InChI=1S/C22H23N3O4/c1-12-9-13(2)17(16(28)10-12)19-18-20(24-23-19)22(29)25(7-4-8-26)21(18)14-5-3-6-15(27)11-14/h3,5-6,9-11,21,26-28H,4,7-8H2,1-2H3,(H,23,24). The van der Waals surface area contributed by atoms with Crippen molar-refractivity contribution in [2.45, 2.75) is 26.3 Å². The molecule has 4 N–H and O–H groups in total.